The van der Waals surface area contributed by atoms with E-state index in [2.05, 4.69) is 20.9 Å². The van der Waals surface area contributed by atoms with Crippen molar-refractivity contribution in [3.8, 4) is 0 Å². The van der Waals surface area contributed by atoms with E-state index in [1.807, 2.05) is 48.5 Å². The first-order valence-electron chi connectivity index (χ1n) is 5.40. The summed E-state index contributed by atoms with van der Waals surface area (Å²) in [5.74, 6) is 0.0405. The van der Waals surface area contributed by atoms with Crippen molar-refractivity contribution in [1.29, 1.82) is 0 Å². The first-order chi connectivity index (χ1) is 8.74. The zero-order valence-electron chi connectivity index (χ0n) is 9.26. The summed E-state index contributed by atoms with van der Waals surface area (Å²) in [5.41, 5.74) is 1.64. The van der Waals surface area contributed by atoms with Crippen LogP contribution < -0.4 is 0 Å². The number of rotatable bonds is 2. The summed E-state index contributed by atoms with van der Waals surface area (Å²) in [4.78, 5) is 16.7. The van der Waals surface area contributed by atoms with Gasteiger partial charge in [0, 0.05) is 0 Å². The van der Waals surface area contributed by atoms with Gasteiger partial charge in [-0.05, 0) is 0 Å². The number of hydrogen-bond donors (Lipinski definition) is 0. The van der Waals surface area contributed by atoms with Gasteiger partial charge in [-0.15, -0.1) is 0 Å². The molecule has 2 nitrogen and oxygen atoms in total. The van der Waals surface area contributed by atoms with Gasteiger partial charge in [-0.3, -0.25) is 0 Å². The summed E-state index contributed by atoms with van der Waals surface area (Å²) in [7, 11) is 0. The maximum absolute atomic E-state index is 12.3. The molecule has 0 saturated heterocycles. The molecule has 0 spiro atoms. The molecule has 0 saturated carbocycles. The summed E-state index contributed by atoms with van der Waals surface area (Å²) in [6, 6.07) is 15.3. The number of carbonyl (C=O) groups excluding carboxylic acids is 1. The Labute approximate surface area is 119 Å². The van der Waals surface area contributed by atoms with E-state index < -0.39 is 0 Å². The van der Waals surface area contributed by atoms with Gasteiger partial charge in [-0.25, -0.2) is 0 Å². The summed E-state index contributed by atoms with van der Waals surface area (Å²) >= 11 is 3.39. The van der Waals surface area contributed by atoms with E-state index in [1.165, 1.54) is 4.26 Å². The maximum atomic E-state index is 12.3. The normalized spacial score (nSPS) is 10.7. The summed E-state index contributed by atoms with van der Waals surface area (Å²) in [6.45, 7) is 0. The number of hydrogen-bond acceptors (Lipinski definition) is 2. The van der Waals surface area contributed by atoms with Gasteiger partial charge in [0.25, 0.3) is 0 Å². The van der Waals surface area contributed by atoms with Gasteiger partial charge in [0.1, 0.15) is 0 Å². The Morgan fingerprint density at radius 1 is 1.06 bits per heavy atom. The minimum absolute atomic E-state index is 0.0285. The Kier molecular flexibility index (Phi) is 3.16. The van der Waals surface area contributed by atoms with Crippen LogP contribution in [0.1, 0.15) is 14.9 Å². The molecule has 88 valence electrons. The predicted molar refractivity (Wildman–Crippen MR) is 76.3 cm³/mol. The molecule has 0 aliphatic heterocycles. The Bertz CT molecular complexity index is 685. The molecule has 0 unspecified atom stereocenters. The van der Waals surface area contributed by atoms with Crippen molar-refractivity contribution >= 4 is 46.0 Å². The molecule has 4 heteroatoms. The molecule has 0 N–H and O–H groups in total. The van der Waals surface area contributed by atoms with Gasteiger partial charge in [0.15, 0.2) is 0 Å². The number of halogens is 1. The van der Waals surface area contributed by atoms with Crippen LogP contribution in [-0.2, 0) is 0 Å². The van der Waals surface area contributed by atoms with E-state index in [1.54, 1.807) is 0 Å². The standard InChI is InChI=1S/C14H8BrNOSe/c15-10-7-5-9(6-8-10)13(17)14-16-11-3-1-2-4-12(11)18-14/h1-8H. The first-order valence-corrected chi connectivity index (χ1v) is 7.90. The molecule has 1 heterocycles. The molecule has 0 atom stereocenters. The molecule has 0 fully saturated rings. The fourth-order valence-electron chi connectivity index (χ4n) is 1.69. The van der Waals surface area contributed by atoms with Crippen molar-refractivity contribution in [2.45, 2.75) is 0 Å². The topological polar surface area (TPSA) is 30.0 Å². The second-order valence-corrected chi connectivity index (χ2v) is 6.90. The van der Waals surface area contributed by atoms with E-state index >= 15 is 0 Å². The van der Waals surface area contributed by atoms with Crippen LogP contribution in [0.5, 0.6) is 0 Å². The second-order valence-electron chi connectivity index (χ2n) is 3.82. The van der Waals surface area contributed by atoms with Gasteiger partial charge in [-0.2, -0.15) is 0 Å². The van der Waals surface area contributed by atoms with Gasteiger partial charge in [0.05, 0.1) is 0 Å². The van der Waals surface area contributed by atoms with Crippen LogP contribution in [0.3, 0.4) is 0 Å². The molecule has 1 aromatic heterocycles. The van der Waals surface area contributed by atoms with Crippen LogP contribution >= 0.6 is 15.9 Å². The van der Waals surface area contributed by atoms with Crippen molar-refractivity contribution in [3.05, 3.63) is 63.1 Å². The summed E-state index contributed by atoms with van der Waals surface area (Å²) in [5, 5.41) is 0. The van der Waals surface area contributed by atoms with E-state index in [0.717, 1.165) is 9.99 Å². The van der Waals surface area contributed by atoms with Crippen molar-refractivity contribution in [3.63, 3.8) is 0 Å². The Balaban J connectivity index is 2.03. The first kappa shape index (κ1) is 11.8. The zero-order chi connectivity index (χ0) is 12.5. The van der Waals surface area contributed by atoms with Gasteiger partial charge < -0.3 is 0 Å². The van der Waals surface area contributed by atoms with Crippen molar-refractivity contribution in [2.24, 2.45) is 0 Å². The minimum atomic E-state index is 0.0285. The summed E-state index contributed by atoms with van der Waals surface area (Å²) in [6.07, 6.45) is 0. The molecule has 0 amide bonds. The van der Waals surface area contributed by atoms with Gasteiger partial charge in [0.2, 0.25) is 0 Å². The van der Waals surface area contributed by atoms with Crippen molar-refractivity contribution in [2.75, 3.05) is 0 Å². The number of fused-ring (bicyclic) bond motifs is 1. The Morgan fingerprint density at radius 3 is 2.50 bits per heavy atom. The molecule has 0 bridgehead atoms. The summed E-state index contributed by atoms with van der Waals surface area (Å²) < 4.78 is 2.85. The second kappa shape index (κ2) is 4.81. The van der Waals surface area contributed by atoms with Crippen molar-refractivity contribution in [1.82, 2.24) is 4.98 Å². The van der Waals surface area contributed by atoms with E-state index in [0.29, 0.717) is 10.1 Å². The molecule has 0 aliphatic carbocycles. The van der Waals surface area contributed by atoms with E-state index in [-0.39, 0.29) is 20.3 Å². The van der Waals surface area contributed by atoms with Crippen LogP contribution in [0.2, 0.25) is 0 Å². The van der Waals surface area contributed by atoms with Crippen LogP contribution in [0.4, 0.5) is 0 Å². The Hall–Kier alpha value is -1.22. The number of benzene rings is 2. The zero-order valence-corrected chi connectivity index (χ0v) is 12.6. The van der Waals surface area contributed by atoms with Gasteiger partial charge in [-0.1, -0.05) is 0 Å². The third kappa shape index (κ3) is 2.19. The quantitative estimate of drug-likeness (QED) is 0.516. The number of aromatic nitrogens is 1. The third-order valence-corrected chi connectivity index (χ3v) is 5.30. The molecule has 18 heavy (non-hydrogen) atoms. The molecular formula is C14H8BrNOSe. The molecule has 3 aromatic rings. The monoisotopic (exact) mass is 365 g/mol. The predicted octanol–water partition coefficient (Wildman–Crippen LogP) is 3.29. The van der Waals surface area contributed by atoms with Crippen LogP contribution in [0.25, 0.3) is 9.78 Å². The van der Waals surface area contributed by atoms with E-state index in [9.17, 15) is 4.79 Å². The molecule has 0 radical (unpaired) electrons. The molecule has 3 rings (SSSR count). The van der Waals surface area contributed by atoms with E-state index in [4.69, 9.17) is 0 Å². The third-order valence-electron chi connectivity index (χ3n) is 2.59. The molecule has 0 aliphatic rings. The number of nitrogens with zero attached hydrogens (tertiary/aromatic N) is 1. The SMILES string of the molecule is O=C(c1ccc(Br)cc1)c1nc2ccccc2[se]1. The number of ketones is 1. The van der Waals surface area contributed by atoms with Crippen molar-refractivity contribution < 1.29 is 4.79 Å². The average Bonchev–Trinajstić information content (AvgIpc) is 2.82. The van der Waals surface area contributed by atoms with Crippen LogP contribution in [0, 0.1) is 0 Å². The number of para-hydroxylation sites is 1. The Morgan fingerprint density at radius 2 is 1.78 bits per heavy atom. The average molecular weight is 365 g/mol. The van der Waals surface area contributed by atoms with Gasteiger partial charge >= 0.3 is 119 Å². The molecular weight excluding hydrogens is 357 g/mol. The van der Waals surface area contributed by atoms with Crippen LogP contribution in [-0.4, -0.2) is 25.3 Å². The van der Waals surface area contributed by atoms with Crippen LogP contribution in [0.15, 0.2) is 53.0 Å². The fraction of sp³-hybridized carbons (Fsp3) is 0. The fourth-order valence-corrected chi connectivity index (χ4v) is 3.90. The number of carbonyl (C=O) groups is 1. The molecule has 2 aromatic carbocycles.